The number of benzene rings is 1. The van der Waals surface area contributed by atoms with Gasteiger partial charge >= 0.3 is 6.61 Å². The number of pyridine rings is 1. The minimum atomic E-state index is -2.87. The third-order valence-electron chi connectivity index (χ3n) is 3.25. The Balaban J connectivity index is 1.69. The number of oxime groups is 1. The van der Waals surface area contributed by atoms with Crippen LogP contribution in [0.2, 0.25) is 0 Å². The Morgan fingerprint density at radius 3 is 2.54 bits per heavy atom. The van der Waals surface area contributed by atoms with Gasteiger partial charge in [-0.1, -0.05) is 5.16 Å². The Hall–Kier alpha value is -3.69. The van der Waals surface area contributed by atoms with E-state index in [1.54, 1.807) is 24.3 Å². The monoisotopic (exact) mass is 361 g/mol. The van der Waals surface area contributed by atoms with E-state index in [2.05, 4.69) is 25.2 Å². The SMILES string of the molecule is NC(=NO)c1ccc(Nc2ncc(-c3ccc(OC(F)F)cc3)o2)cn1. The lowest BCUT2D eigenvalue weighted by Crippen LogP contribution is -2.14. The molecule has 2 aromatic heterocycles. The number of hydrogen-bond acceptors (Lipinski definition) is 7. The number of aromatic nitrogens is 2. The third kappa shape index (κ3) is 4.04. The maximum atomic E-state index is 12.2. The average Bonchev–Trinajstić information content (AvgIpc) is 3.10. The summed E-state index contributed by atoms with van der Waals surface area (Å²) in [5, 5.41) is 14.4. The van der Waals surface area contributed by atoms with Gasteiger partial charge in [0, 0.05) is 5.56 Å². The van der Waals surface area contributed by atoms with Gasteiger partial charge in [0.05, 0.1) is 18.1 Å². The van der Waals surface area contributed by atoms with Crippen LogP contribution in [0.15, 0.2) is 58.4 Å². The van der Waals surface area contributed by atoms with Gasteiger partial charge in [0.15, 0.2) is 11.6 Å². The van der Waals surface area contributed by atoms with E-state index >= 15 is 0 Å². The molecule has 1 aromatic carbocycles. The van der Waals surface area contributed by atoms with Crippen LogP contribution in [0, 0.1) is 0 Å². The summed E-state index contributed by atoms with van der Waals surface area (Å²) >= 11 is 0. The first-order valence-electron chi connectivity index (χ1n) is 7.27. The Bertz CT molecular complexity index is 895. The predicted octanol–water partition coefficient (Wildman–Crippen LogP) is 3.18. The van der Waals surface area contributed by atoms with Gasteiger partial charge in [0.2, 0.25) is 0 Å². The van der Waals surface area contributed by atoms with Gasteiger partial charge in [-0.25, -0.2) is 4.98 Å². The zero-order valence-electron chi connectivity index (χ0n) is 13.1. The molecule has 0 saturated carbocycles. The summed E-state index contributed by atoms with van der Waals surface area (Å²) in [4.78, 5) is 8.11. The number of nitrogens with two attached hydrogens (primary N) is 1. The summed E-state index contributed by atoms with van der Waals surface area (Å²) in [6.45, 7) is -2.87. The molecule has 2 heterocycles. The van der Waals surface area contributed by atoms with Crippen LogP contribution in [-0.2, 0) is 0 Å². The fraction of sp³-hybridized carbons (Fsp3) is 0.0625. The van der Waals surface area contributed by atoms with Crippen molar-refractivity contribution in [3.05, 3.63) is 54.5 Å². The van der Waals surface area contributed by atoms with Gasteiger partial charge in [-0.05, 0) is 36.4 Å². The van der Waals surface area contributed by atoms with Crippen LogP contribution in [0.4, 0.5) is 20.5 Å². The van der Waals surface area contributed by atoms with Crippen LogP contribution in [-0.4, -0.2) is 27.6 Å². The molecule has 0 unspecified atom stereocenters. The van der Waals surface area contributed by atoms with Crippen LogP contribution >= 0.6 is 0 Å². The van der Waals surface area contributed by atoms with Gasteiger partial charge in [0.25, 0.3) is 6.01 Å². The highest BCUT2D eigenvalue weighted by molar-refractivity contribution is 5.95. The number of alkyl halides is 2. The lowest BCUT2D eigenvalue weighted by molar-refractivity contribution is -0.0498. The molecule has 4 N–H and O–H groups in total. The molecule has 0 amide bonds. The van der Waals surface area contributed by atoms with E-state index < -0.39 is 6.61 Å². The molecule has 0 fully saturated rings. The second kappa shape index (κ2) is 7.47. The quantitative estimate of drug-likeness (QED) is 0.267. The zero-order chi connectivity index (χ0) is 18.5. The van der Waals surface area contributed by atoms with Crippen molar-refractivity contribution in [2.24, 2.45) is 10.9 Å². The molecule has 3 aromatic rings. The fourth-order valence-electron chi connectivity index (χ4n) is 2.06. The molecule has 0 atom stereocenters. The molecular formula is C16H13F2N5O3. The lowest BCUT2D eigenvalue weighted by Gasteiger charge is -2.04. The Morgan fingerprint density at radius 2 is 1.92 bits per heavy atom. The van der Waals surface area contributed by atoms with E-state index in [9.17, 15) is 8.78 Å². The first-order chi connectivity index (χ1) is 12.5. The van der Waals surface area contributed by atoms with E-state index in [0.29, 0.717) is 22.7 Å². The number of ether oxygens (including phenoxy) is 1. The van der Waals surface area contributed by atoms with Gasteiger partial charge in [-0.15, -0.1) is 0 Å². The fourth-order valence-corrected chi connectivity index (χ4v) is 2.06. The molecular weight excluding hydrogens is 348 g/mol. The van der Waals surface area contributed by atoms with Crippen molar-refractivity contribution in [3.63, 3.8) is 0 Å². The smallest absolute Gasteiger partial charge is 0.387 e. The topological polar surface area (TPSA) is 119 Å². The number of hydrogen-bond donors (Lipinski definition) is 3. The van der Waals surface area contributed by atoms with Crippen LogP contribution in [0.1, 0.15) is 5.69 Å². The maximum absolute atomic E-state index is 12.2. The van der Waals surface area contributed by atoms with E-state index in [1.807, 2.05) is 0 Å². The molecule has 10 heteroatoms. The molecule has 0 aliphatic rings. The molecule has 0 saturated heterocycles. The van der Waals surface area contributed by atoms with Gasteiger partial charge in [0.1, 0.15) is 11.4 Å². The number of nitrogens with one attached hydrogen (secondary N) is 1. The van der Waals surface area contributed by atoms with Crippen molar-refractivity contribution in [1.29, 1.82) is 0 Å². The largest absolute Gasteiger partial charge is 0.435 e. The molecule has 26 heavy (non-hydrogen) atoms. The Kier molecular flexibility index (Phi) is 4.92. The van der Waals surface area contributed by atoms with Gasteiger partial charge < -0.3 is 25.4 Å². The summed E-state index contributed by atoms with van der Waals surface area (Å²) in [5.74, 6) is 0.394. The number of oxazole rings is 1. The number of amidine groups is 1. The summed E-state index contributed by atoms with van der Waals surface area (Å²) in [6.07, 6.45) is 2.96. The van der Waals surface area contributed by atoms with E-state index in [4.69, 9.17) is 15.4 Å². The van der Waals surface area contributed by atoms with Crippen LogP contribution < -0.4 is 15.8 Å². The lowest BCUT2D eigenvalue weighted by atomic mass is 10.2. The molecule has 134 valence electrons. The number of anilines is 2. The summed E-state index contributed by atoms with van der Waals surface area (Å²) < 4.78 is 34.2. The summed E-state index contributed by atoms with van der Waals surface area (Å²) in [5.41, 5.74) is 6.98. The number of halogens is 2. The van der Waals surface area contributed by atoms with Gasteiger partial charge in [-0.2, -0.15) is 8.78 Å². The Morgan fingerprint density at radius 1 is 1.15 bits per heavy atom. The van der Waals surface area contributed by atoms with E-state index in [0.717, 1.165) is 0 Å². The molecule has 0 bridgehead atoms. The maximum Gasteiger partial charge on any atom is 0.387 e. The molecule has 0 spiro atoms. The number of rotatable bonds is 6. The molecule has 0 aliphatic heterocycles. The minimum absolute atomic E-state index is 0.0541. The first-order valence-corrected chi connectivity index (χ1v) is 7.27. The highest BCUT2D eigenvalue weighted by Crippen LogP contribution is 2.26. The second-order valence-corrected chi connectivity index (χ2v) is 4.97. The standard InChI is InChI=1S/C16H13F2N5O3/c17-15(18)25-11-4-1-9(2-5-11)13-8-21-16(26-13)22-10-3-6-12(20-7-10)14(19)23-24/h1-8,15,24H,(H2,19,23)(H,21,22). The van der Waals surface area contributed by atoms with Crippen molar-refractivity contribution >= 4 is 17.5 Å². The van der Waals surface area contributed by atoms with Crippen LogP contribution in [0.5, 0.6) is 5.75 Å². The summed E-state index contributed by atoms with van der Waals surface area (Å²) in [6, 6.07) is 9.40. The average molecular weight is 361 g/mol. The number of nitrogens with zero attached hydrogens (tertiary/aromatic N) is 3. The van der Waals surface area contributed by atoms with Crippen molar-refractivity contribution in [2.75, 3.05) is 5.32 Å². The zero-order valence-corrected chi connectivity index (χ0v) is 13.1. The molecule has 0 aliphatic carbocycles. The predicted molar refractivity (Wildman–Crippen MR) is 88.6 cm³/mol. The normalized spacial score (nSPS) is 11.6. The van der Waals surface area contributed by atoms with Gasteiger partial charge in [-0.3, -0.25) is 4.98 Å². The highest BCUT2D eigenvalue weighted by Gasteiger charge is 2.09. The van der Waals surface area contributed by atoms with Crippen LogP contribution in [0.3, 0.4) is 0 Å². The highest BCUT2D eigenvalue weighted by atomic mass is 19.3. The first kappa shape index (κ1) is 17.1. The third-order valence-corrected chi connectivity index (χ3v) is 3.25. The Labute approximate surface area is 145 Å². The molecule has 0 radical (unpaired) electrons. The molecule has 8 nitrogen and oxygen atoms in total. The van der Waals surface area contributed by atoms with Crippen molar-refractivity contribution in [3.8, 4) is 17.1 Å². The summed E-state index contributed by atoms with van der Waals surface area (Å²) in [7, 11) is 0. The van der Waals surface area contributed by atoms with Crippen molar-refractivity contribution < 1.29 is 23.1 Å². The van der Waals surface area contributed by atoms with Crippen molar-refractivity contribution in [2.45, 2.75) is 6.61 Å². The van der Waals surface area contributed by atoms with Crippen LogP contribution in [0.25, 0.3) is 11.3 Å². The molecule has 3 rings (SSSR count). The second-order valence-electron chi connectivity index (χ2n) is 4.97. The van der Waals surface area contributed by atoms with E-state index in [1.165, 1.54) is 24.5 Å². The van der Waals surface area contributed by atoms with Crippen molar-refractivity contribution in [1.82, 2.24) is 9.97 Å². The van der Waals surface area contributed by atoms with E-state index in [-0.39, 0.29) is 17.6 Å². The minimum Gasteiger partial charge on any atom is -0.435 e.